The fourth-order valence-electron chi connectivity index (χ4n) is 1.04. The largest absolute Gasteiger partial charge is 0.415 e. The zero-order valence-electron chi connectivity index (χ0n) is 9.89. The van der Waals surface area contributed by atoms with Crippen LogP contribution in [-0.4, -0.2) is 0 Å². The highest BCUT2D eigenvalue weighted by Crippen LogP contribution is 2.42. The lowest BCUT2D eigenvalue weighted by molar-refractivity contribution is 0.595. The van der Waals surface area contributed by atoms with Gasteiger partial charge in [0.05, 0.1) is 0 Å². The SMILES string of the molecule is C=C/C=C(\C=C/C)[P+](=O)/C(C=C)=C/C=C\C. The summed E-state index contributed by atoms with van der Waals surface area (Å²) in [6.07, 6.45) is 14.3. The Hall–Kier alpha value is -1.46. The van der Waals surface area contributed by atoms with E-state index in [-0.39, 0.29) is 0 Å². The van der Waals surface area contributed by atoms with E-state index in [0.717, 1.165) is 10.6 Å². The van der Waals surface area contributed by atoms with Gasteiger partial charge in [-0.2, -0.15) is 0 Å². The van der Waals surface area contributed by atoms with Crippen molar-refractivity contribution in [2.24, 2.45) is 0 Å². The molecule has 0 aliphatic heterocycles. The van der Waals surface area contributed by atoms with Gasteiger partial charge in [0.25, 0.3) is 0 Å². The molecule has 0 aliphatic carbocycles. The maximum atomic E-state index is 12.2. The number of allylic oxidation sites excluding steroid dienone is 10. The highest BCUT2D eigenvalue weighted by Gasteiger charge is 2.24. The molecule has 0 aromatic carbocycles. The molecule has 0 fully saturated rings. The minimum absolute atomic E-state index is 0.722. The Morgan fingerprint density at radius 1 is 1.06 bits per heavy atom. The molecule has 1 unspecified atom stereocenters. The van der Waals surface area contributed by atoms with E-state index in [4.69, 9.17) is 0 Å². The van der Waals surface area contributed by atoms with Crippen LogP contribution in [0.5, 0.6) is 0 Å². The maximum absolute atomic E-state index is 12.2. The van der Waals surface area contributed by atoms with E-state index in [9.17, 15) is 4.57 Å². The van der Waals surface area contributed by atoms with Crippen molar-refractivity contribution in [2.75, 3.05) is 0 Å². The van der Waals surface area contributed by atoms with Gasteiger partial charge in [0.1, 0.15) is 0 Å². The average Bonchev–Trinajstić information content (AvgIpc) is 2.29. The number of hydrogen-bond donors (Lipinski definition) is 0. The van der Waals surface area contributed by atoms with Gasteiger partial charge < -0.3 is 0 Å². The first kappa shape index (κ1) is 14.5. The molecule has 0 aliphatic rings. The fraction of sp³-hybridized carbons (Fsp3) is 0.143. The van der Waals surface area contributed by atoms with Crippen molar-refractivity contribution in [3.05, 3.63) is 72.4 Å². The zero-order valence-corrected chi connectivity index (χ0v) is 10.8. The van der Waals surface area contributed by atoms with Crippen LogP contribution in [0.25, 0.3) is 0 Å². The second-order valence-electron chi connectivity index (χ2n) is 2.94. The van der Waals surface area contributed by atoms with Crippen molar-refractivity contribution >= 4 is 7.80 Å². The summed E-state index contributed by atoms with van der Waals surface area (Å²) in [4.78, 5) is 0. The van der Waals surface area contributed by atoms with Gasteiger partial charge in [0.15, 0.2) is 10.6 Å². The molecule has 16 heavy (non-hydrogen) atoms. The second kappa shape index (κ2) is 8.82. The summed E-state index contributed by atoms with van der Waals surface area (Å²) in [5, 5.41) is 1.47. The predicted molar refractivity (Wildman–Crippen MR) is 73.8 cm³/mol. The van der Waals surface area contributed by atoms with E-state index in [1.807, 2.05) is 44.2 Å². The minimum Gasteiger partial charge on any atom is -0.0989 e. The molecule has 0 aromatic rings. The molecule has 2 heteroatoms. The van der Waals surface area contributed by atoms with E-state index >= 15 is 0 Å². The normalized spacial score (nSPS) is 14.5. The quantitative estimate of drug-likeness (QED) is 0.460. The van der Waals surface area contributed by atoms with Crippen LogP contribution in [0.3, 0.4) is 0 Å². The van der Waals surface area contributed by atoms with Gasteiger partial charge in [-0.05, 0) is 38.2 Å². The van der Waals surface area contributed by atoms with E-state index in [2.05, 4.69) is 13.2 Å². The van der Waals surface area contributed by atoms with Crippen LogP contribution < -0.4 is 0 Å². The smallest absolute Gasteiger partial charge is 0.0989 e. The molecule has 0 radical (unpaired) electrons. The standard InChI is InChI=1S/C14H18OP/c1-5-9-12-13(8-4)16(15)14(10-6-2)11-7-3/h5-12H,2,4H2,1,3H3/q+1/b9-5-,11-7-,13-12+,14-10+. The fourth-order valence-corrected chi connectivity index (χ4v) is 2.26. The number of rotatable bonds is 6. The first-order valence-corrected chi connectivity index (χ1v) is 6.35. The molecule has 0 aromatic heterocycles. The predicted octanol–water partition coefficient (Wildman–Crippen LogP) is 5.11. The van der Waals surface area contributed by atoms with Crippen LogP contribution in [0.1, 0.15) is 13.8 Å². The molecule has 1 nitrogen and oxygen atoms in total. The molecule has 0 bridgehead atoms. The molecular weight excluding hydrogens is 215 g/mol. The summed E-state index contributed by atoms with van der Waals surface area (Å²) in [5.74, 6) is 0. The Balaban J connectivity index is 5.20. The molecule has 84 valence electrons. The van der Waals surface area contributed by atoms with Gasteiger partial charge in [0.2, 0.25) is 0 Å². The first-order chi connectivity index (χ1) is 7.71. The Kier molecular flexibility index (Phi) is 8.01. The van der Waals surface area contributed by atoms with Crippen LogP contribution >= 0.6 is 7.80 Å². The third-order valence-electron chi connectivity index (χ3n) is 1.76. The Labute approximate surface area is 99.1 Å². The summed E-state index contributed by atoms with van der Waals surface area (Å²) in [6, 6.07) is 0. The third kappa shape index (κ3) is 4.86. The molecule has 0 spiro atoms. The summed E-state index contributed by atoms with van der Waals surface area (Å²) in [6.45, 7) is 11.1. The second-order valence-corrected chi connectivity index (χ2v) is 4.56. The summed E-state index contributed by atoms with van der Waals surface area (Å²) in [7, 11) is -1.59. The lowest BCUT2D eigenvalue weighted by Crippen LogP contribution is -1.74. The van der Waals surface area contributed by atoms with Gasteiger partial charge in [-0.25, -0.2) is 0 Å². The van der Waals surface area contributed by atoms with E-state index < -0.39 is 7.80 Å². The molecule has 0 amide bonds. The molecule has 0 N–H and O–H groups in total. The highest BCUT2D eigenvalue weighted by atomic mass is 31.1. The minimum atomic E-state index is -1.59. The van der Waals surface area contributed by atoms with Crippen LogP contribution in [0, 0.1) is 0 Å². The van der Waals surface area contributed by atoms with E-state index in [0.29, 0.717) is 0 Å². The summed E-state index contributed by atoms with van der Waals surface area (Å²) >= 11 is 0. The summed E-state index contributed by atoms with van der Waals surface area (Å²) < 4.78 is 12.2. The van der Waals surface area contributed by atoms with E-state index in [1.165, 1.54) is 0 Å². The molecule has 1 atom stereocenters. The van der Waals surface area contributed by atoms with Gasteiger partial charge in [0, 0.05) is 0 Å². The molecule has 0 rings (SSSR count). The van der Waals surface area contributed by atoms with E-state index in [1.54, 1.807) is 18.2 Å². The van der Waals surface area contributed by atoms with Crippen molar-refractivity contribution in [1.29, 1.82) is 0 Å². The molecular formula is C14H18OP+. The van der Waals surface area contributed by atoms with Crippen molar-refractivity contribution < 1.29 is 4.57 Å². The molecule has 0 heterocycles. The van der Waals surface area contributed by atoms with Crippen LogP contribution in [-0.2, 0) is 4.57 Å². The maximum Gasteiger partial charge on any atom is 0.415 e. The highest BCUT2D eigenvalue weighted by molar-refractivity contribution is 7.54. The van der Waals surface area contributed by atoms with Crippen molar-refractivity contribution in [3.63, 3.8) is 0 Å². The van der Waals surface area contributed by atoms with Gasteiger partial charge >= 0.3 is 7.80 Å². The average molecular weight is 233 g/mol. The third-order valence-corrected chi connectivity index (χ3v) is 3.33. The Bertz CT molecular complexity index is 382. The first-order valence-electron chi connectivity index (χ1n) is 5.09. The van der Waals surface area contributed by atoms with Crippen LogP contribution in [0.4, 0.5) is 0 Å². The zero-order chi connectivity index (χ0) is 12.4. The van der Waals surface area contributed by atoms with Gasteiger partial charge in [-0.15, -0.1) is 0 Å². The van der Waals surface area contributed by atoms with Crippen LogP contribution in [0.2, 0.25) is 0 Å². The van der Waals surface area contributed by atoms with Crippen molar-refractivity contribution in [3.8, 4) is 0 Å². The molecule has 0 saturated carbocycles. The monoisotopic (exact) mass is 233 g/mol. The Morgan fingerprint density at radius 3 is 2.19 bits per heavy atom. The van der Waals surface area contributed by atoms with Gasteiger partial charge in [-0.3, -0.25) is 0 Å². The van der Waals surface area contributed by atoms with Crippen LogP contribution in [0.15, 0.2) is 72.4 Å². The lowest BCUT2D eigenvalue weighted by Gasteiger charge is -1.88. The topological polar surface area (TPSA) is 17.1 Å². The summed E-state index contributed by atoms with van der Waals surface area (Å²) in [5.41, 5.74) is 0. The lowest BCUT2D eigenvalue weighted by atomic mass is 10.4. The molecule has 0 saturated heterocycles. The van der Waals surface area contributed by atoms with Crippen molar-refractivity contribution in [2.45, 2.75) is 13.8 Å². The Morgan fingerprint density at radius 2 is 1.75 bits per heavy atom. The number of hydrogen-bond acceptors (Lipinski definition) is 1. The van der Waals surface area contributed by atoms with Gasteiger partial charge in [-0.1, -0.05) is 42.0 Å². The van der Waals surface area contributed by atoms with Crippen molar-refractivity contribution in [1.82, 2.24) is 0 Å².